The second-order valence-corrected chi connectivity index (χ2v) is 7.61. The number of carbonyl (C=O) groups excluding carboxylic acids is 2. The van der Waals surface area contributed by atoms with E-state index in [1.165, 1.54) is 6.42 Å². The van der Waals surface area contributed by atoms with Crippen LogP contribution in [0.4, 0.5) is 0 Å². The predicted molar refractivity (Wildman–Crippen MR) is 110 cm³/mol. The van der Waals surface area contributed by atoms with E-state index < -0.39 is 0 Å². The molecule has 7 heteroatoms. The van der Waals surface area contributed by atoms with Gasteiger partial charge < -0.3 is 15.5 Å². The fourth-order valence-electron chi connectivity index (χ4n) is 3.97. The minimum Gasteiger partial charge on any atom is -0.355 e. The van der Waals surface area contributed by atoms with Crippen molar-refractivity contribution in [3.63, 3.8) is 0 Å². The van der Waals surface area contributed by atoms with E-state index in [0.717, 1.165) is 37.8 Å². The molecule has 1 aromatic carbocycles. The maximum absolute atomic E-state index is 12.8. The average molecular weight is 414 g/mol. The molecular weight excluding hydrogens is 385 g/mol. The Morgan fingerprint density at radius 3 is 2.67 bits per heavy atom. The van der Waals surface area contributed by atoms with Crippen molar-refractivity contribution in [2.75, 3.05) is 26.2 Å². The quantitative estimate of drug-likeness (QED) is 0.777. The van der Waals surface area contributed by atoms with Gasteiger partial charge in [-0.1, -0.05) is 49.1 Å². The largest absolute Gasteiger partial charge is 0.355 e. The van der Waals surface area contributed by atoms with Gasteiger partial charge in [0.15, 0.2) is 0 Å². The van der Waals surface area contributed by atoms with E-state index in [-0.39, 0.29) is 36.2 Å². The molecule has 1 aromatic rings. The molecule has 0 aromatic heterocycles. The third kappa shape index (κ3) is 5.84. The Kier molecular flexibility index (Phi) is 8.87. The molecule has 5 nitrogen and oxygen atoms in total. The summed E-state index contributed by atoms with van der Waals surface area (Å²) in [7, 11) is 0. The summed E-state index contributed by atoms with van der Waals surface area (Å²) < 4.78 is 0. The summed E-state index contributed by atoms with van der Waals surface area (Å²) in [6.07, 6.45) is 5.79. The van der Waals surface area contributed by atoms with Gasteiger partial charge in [0.2, 0.25) is 11.8 Å². The molecule has 1 aliphatic heterocycles. The normalized spacial score (nSPS) is 20.6. The first-order valence-corrected chi connectivity index (χ1v) is 10.1. The van der Waals surface area contributed by atoms with Crippen LogP contribution in [0.3, 0.4) is 0 Å². The van der Waals surface area contributed by atoms with Gasteiger partial charge in [-0.15, -0.1) is 12.4 Å². The minimum atomic E-state index is -0.0565. The van der Waals surface area contributed by atoms with Crippen LogP contribution in [-0.4, -0.2) is 42.9 Å². The first kappa shape index (κ1) is 22.0. The number of rotatable bonds is 5. The molecule has 2 fully saturated rings. The number of amides is 2. The number of nitrogens with one attached hydrogen (secondary N) is 2. The highest BCUT2D eigenvalue weighted by atomic mass is 35.5. The topological polar surface area (TPSA) is 61.4 Å². The van der Waals surface area contributed by atoms with Crippen LogP contribution in [0.5, 0.6) is 0 Å². The van der Waals surface area contributed by atoms with Gasteiger partial charge in [0, 0.05) is 43.5 Å². The number of nitrogens with zero attached hydrogens (tertiary/aromatic N) is 1. The van der Waals surface area contributed by atoms with Crippen molar-refractivity contribution in [1.29, 1.82) is 0 Å². The van der Waals surface area contributed by atoms with Gasteiger partial charge in [-0.25, -0.2) is 0 Å². The fourth-order valence-corrected chi connectivity index (χ4v) is 4.23. The van der Waals surface area contributed by atoms with E-state index in [1.54, 1.807) is 0 Å². The van der Waals surface area contributed by atoms with Crippen LogP contribution >= 0.6 is 24.0 Å². The SMILES string of the molecule is Cl.O=C(NCCC(=O)N1CCNCC1c1ccccc1Cl)C1CCCCC1. The molecule has 0 spiro atoms. The van der Waals surface area contributed by atoms with Gasteiger partial charge in [-0.2, -0.15) is 0 Å². The smallest absolute Gasteiger partial charge is 0.224 e. The van der Waals surface area contributed by atoms with Crippen molar-refractivity contribution < 1.29 is 9.59 Å². The van der Waals surface area contributed by atoms with E-state index in [2.05, 4.69) is 10.6 Å². The van der Waals surface area contributed by atoms with Gasteiger partial charge in [-0.3, -0.25) is 9.59 Å². The number of benzene rings is 1. The zero-order valence-electron chi connectivity index (χ0n) is 15.6. The number of hydrogen-bond donors (Lipinski definition) is 2. The lowest BCUT2D eigenvalue weighted by atomic mass is 9.89. The Bertz CT molecular complexity index is 635. The summed E-state index contributed by atoms with van der Waals surface area (Å²) in [5.41, 5.74) is 0.973. The average Bonchev–Trinajstić information content (AvgIpc) is 2.69. The summed E-state index contributed by atoms with van der Waals surface area (Å²) in [4.78, 5) is 26.9. The molecule has 0 bridgehead atoms. The molecule has 1 saturated carbocycles. The molecule has 1 saturated heterocycles. The van der Waals surface area contributed by atoms with Crippen molar-refractivity contribution in [2.45, 2.75) is 44.6 Å². The second kappa shape index (κ2) is 10.9. The molecule has 2 aliphatic rings. The maximum atomic E-state index is 12.8. The van der Waals surface area contributed by atoms with E-state index in [4.69, 9.17) is 11.6 Å². The maximum Gasteiger partial charge on any atom is 0.224 e. The van der Waals surface area contributed by atoms with E-state index in [1.807, 2.05) is 29.2 Å². The van der Waals surface area contributed by atoms with Gasteiger partial charge >= 0.3 is 0 Å². The zero-order chi connectivity index (χ0) is 18.4. The fraction of sp³-hybridized carbons (Fsp3) is 0.600. The molecule has 150 valence electrons. The molecule has 3 rings (SSSR count). The third-order valence-corrected chi connectivity index (χ3v) is 5.79. The lowest BCUT2D eigenvalue weighted by Gasteiger charge is -2.37. The Morgan fingerprint density at radius 1 is 1.19 bits per heavy atom. The second-order valence-electron chi connectivity index (χ2n) is 7.20. The molecule has 1 unspecified atom stereocenters. The number of halogens is 2. The standard InChI is InChI=1S/C20H28ClN3O2.ClH/c21-17-9-5-4-8-16(17)18-14-22-12-13-24(18)19(25)10-11-23-20(26)15-6-2-1-3-7-15;/h4-5,8-9,15,18,22H,1-3,6-7,10-14H2,(H,23,26);1H. The third-order valence-electron chi connectivity index (χ3n) is 5.44. The van der Waals surface area contributed by atoms with E-state index in [0.29, 0.717) is 31.1 Å². The van der Waals surface area contributed by atoms with Crippen molar-refractivity contribution in [3.8, 4) is 0 Å². The number of carbonyl (C=O) groups is 2. The summed E-state index contributed by atoms with van der Waals surface area (Å²) >= 11 is 6.34. The molecule has 0 radical (unpaired) electrons. The van der Waals surface area contributed by atoms with Crippen LogP contribution in [0.25, 0.3) is 0 Å². The first-order chi connectivity index (χ1) is 12.7. The number of piperazine rings is 1. The molecular formula is C20H29Cl2N3O2. The highest BCUT2D eigenvalue weighted by Gasteiger charge is 2.29. The molecule has 1 atom stereocenters. The van der Waals surface area contributed by atoms with E-state index >= 15 is 0 Å². The monoisotopic (exact) mass is 413 g/mol. The van der Waals surface area contributed by atoms with Gasteiger partial charge in [0.05, 0.1) is 6.04 Å². The minimum absolute atomic E-state index is 0. The van der Waals surface area contributed by atoms with Crippen molar-refractivity contribution in [2.24, 2.45) is 5.92 Å². The Hall–Kier alpha value is -1.30. The highest BCUT2D eigenvalue weighted by molar-refractivity contribution is 6.31. The van der Waals surface area contributed by atoms with Crippen molar-refractivity contribution >= 4 is 35.8 Å². The van der Waals surface area contributed by atoms with Crippen molar-refractivity contribution in [1.82, 2.24) is 15.5 Å². The molecule has 1 heterocycles. The van der Waals surface area contributed by atoms with Gasteiger partial charge in [0.1, 0.15) is 0 Å². The molecule has 27 heavy (non-hydrogen) atoms. The number of hydrogen-bond acceptors (Lipinski definition) is 3. The Balaban J connectivity index is 0.00000261. The van der Waals surface area contributed by atoms with Crippen LogP contribution in [-0.2, 0) is 9.59 Å². The van der Waals surface area contributed by atoms with E-state index in [9.17, 15) is 9.59 Å². The summed E-state index contributed by atoms with van der Waals surface area (Å²) in [6.45, 7) is 2.55. The predicted octanol–water partition coefficient (Wildman–Crippen LogP) is 3.32. The Labute approximate surface area is 172 Å². The van der Waals surface area contributed by atoms with Crippen LogP contribution in [0.15, 0.2) is 24.3 Å². The zero-order valence-corrected chi connectivity index (χ0v) is 17.2. The lowest BCUT2D eigenvalue weighted by Crippen LogP contribution is -2.49. The lowest BCUT2D eigenvalue weighted by molar-refractivity contribution is -0.134. The first-order valence-electron chi connectivity index (χ1n) is 9.69. The van der Waals surface area contributed by atoms with Crippen LogP contribution < -0.4 is 10.6 Å². The van der Waals surface area contributed by atoms with Crippen LogP contribution in [0, 0.1) is 5.92 Å². The molecule has 2 N–H and O–H groups in total. The van der Waals surface area contributed by atoms with Gasteiger partial charge in [-0.05, 0) is 24.5 Å². The van der Waals surface area contributed by atoms with Gasteiger partial charge in [0.25, 0.3) is 0 Å². The summed E-state index contributed by atoms with van der Waals surface area (Å²) in [5, 5.41) is 6.99. The van der Waals surface area contributed by atoms with Crippen molar-refractivity contribution in [3.05, 3.63) is 34.9 Å². The molecule has 2 amide bonds. The Morgan fingerprint density at radius 2 is 1.93 bits per heavy atom. The highest BCUT2D eigenvalue weighted by Crippen LogP contribution is 2.29. The molecule has 1 aliphatic carbocycles. The summed E-state index contributed by atoms with van der Waals surface area (Å²) in [6, 6.07) is 7.63. The summed E-state index contributed by atoms with van der Waals surface area (Å²) in [5.74, 6) is 0.315. The van der Waals surface area contributed by atoms with Crippen LogP contribution in [0.1, 0.15) is 50.1 Å². The van der Waals surface area contributed by atoms with Crippen LogP contribution in [0.2, 0.25) is 5.02 Å².